The van der Waals surface area contributed by atoms with Crippen molar-refractivity contribution in [2.24, 2.45) is 0 Å². The van der Waals surface area contributed by atoms with E-state index in [4.69, 9.17) is 23.2 Å². The predicted molar refractivity (Wildman–Crippen MR) is 62.1 cm³/mol. The van der Waals surface area contributed by atoms with Crippen LogP contribution >= 0.6 is 23.2 Å². The minimum Gasteiger partial charge on any atom is -0.281 e. The number of hydrogen-bond acceptors (Lipinski definition) is 1. The first-order valence-electron chi connectivity index (χ1n) is 4.32. The normalized spacial score (nSPS) is 10.3. The van der Waals surface area contributed by atoms with Gasteiger partial charge in [-0.3, -0.25) is 9.36 Å². The topological polar surface area (TPSA) is 22.0 Å². The van der Waals surface area contributed by atoms with E-state index in [1.165, 1.54) is 10.6 Å². The second-order valence-electron chi connectivity index (χ2n) is 2.98. The van der Waals surface area contributed by atoms with Gasteiger partial charge in [0.05, 0.1) is 15.7 Å². The zero-order chi connectivity index (χ0) is 10.8. The summed E-state index contributed by atoms with van der Waals surface area (Å²) in [6.07, 6.45) is 1.63. The van der Waals surface area contributed by atoms with Crippen LogP contribution in [0.2, 0.25) is 10.0 Å². The van der Waals surface area contributed by atoms with E-state index < -0.39 is 0 Å². The van der Waals surface area contributed by atoms with Crippen molar-refractivity contribution in [1.29, 1.82) is 0 Å². The van der Waals surface area contributed by atoms with Crippen molar-refractivity contribution >= 4 is 23.2 Å². The summed E-state index contributed by atoms with van der Waals surface area (Å²) in [6, 6.07) is 10.0. The van der Waals surface area contributed by atoms with Gasteiger partial charge in [0.1, 0.15) is 0 Å². The first-order chi connectivity index (χ1) is 7.20. The van der Waals surface area contributed by atoms with Crippen molar-refractivity contribution in [3.05, 3.63) is 63.0 Å². The summed E-state index contributed by atoms with van der Waals surface area (Å²) in [5.74, 6) is 0. The average Bonchev–Trinajstić information content (AvgIpc) is 2.20. The number of rotatable bonds is 1. The molecule has 76 valence electrons. The molecule has 0 fully saturated rings. The number of halogens is 2. The summed E-state index contributed by atoms with van der Waals surface area (Å²) >= 11 is 12.0. The first-order valence-corrected chi connectivity index (χ1v) is 5.08. The Bertz CT molecular complexity index is 528. The summed E-state index contributed by atoms with van der Waals surface area (Å²) in [4.78, 5) is 11.6. The molecule has 0 amide bonds. The molecule has 0 spiro atoms. The molecule has 1 aromatic carbocycles. The highest BCUT2D eigenvalue weighted by atomic mass is 35.5. The van der Waals surface area contributed by atoms with Crippen LogP contribution in [0.1, 0.15) is 0 Å². The molecule has 1 aromatic heterocycles. The van der Waals surface area contributed by atoms with Gasteiger partial charge in [-0.1, -0.05) is 35.3 Å². The molecule has 1 heterocycles. The van der Waals surface area contributed by atoms with Gasteiger partial charge < -0.3 is 0 Å². The van der Waals surface area contributed by atoms with E-state index in [0.29, 0.717) is 15.7 Å². The molecule has 0 bridgehead atoms. The van der Waals surface area contributed by atoms with E-state index in [9.17, 15) is 4.79 Å². The Balaban J connectivity index is 2.75. The van der Waals surface area contributed by atoms with Crippen molar-refractivity contribution in [2.45, 2.75) is 0 Å². The van der Waals surface area contributed by atoms with Crippen LogP contribution in [-0.2, 0) is 0 Å². The molecule has 0 aliphatic rings. The Morgan fingerprint density at radius 2 is 1.60 bits per heavy atom. The van der Waals surface area contributed by atoms with Crippen LogP contribution in [0.5, 0.6) is 0 Å². The van der Waals surface area contributed by atoms with E-state index in [1.54, 1.807) is 36.5 Å². The van der Waals surface area contributed by atoms with Crippen molar-refractivity contribution in [1.82, 2.24) is 4.57 Å². The predicted octanol–water partition coefficient (Wildman–Crippen LogP) is 3.14. The Kier molecular flexibility index (Phi) is 2.80. The molecular formula is C11H7Cl2NO. The molecular weight excluding hydrogens is 233 g/mol. The van der Waals surface area contributed by atoms with Gasteiger partial charge in [0.15, 0.2) is 0 Å². The lowest BCUT2D eigenvalue weighted by Crippen LogP contribution is -2.16. The highest BCUT2D eigenvalue weighted by molar-refractivity contribution is 6.37. The fourth-order valence-corrected chi connectivity index (χ4v) is 1.91. The zero-order valence-corrected chi connectivity index (χ0v) is 9.16. The highest BCUT2D eigenvalue weighted by Crippen LogP contribution is 2.26. The van der Waals surface area contributed by atoms with Gasteiger partial charge in [-0.2, -0.15) is 0 Å². The van der Waals surface area contributed by atoms with Crippen LogP contribution in [0.15, 0.2) is 47.4 Å². The molecule has 2 aromatic rings. The first kappa shape index (κ1) is 10.3. The van der Waals surface area contributed by atoms with Gasteiger partial charge >= 0.3 is 0 Å². The number of pyridine rings is 1. The number of hydrogen-bond donors (Lipinski definition) is 0. The van der Waals surface area contributed by atoms with Crippen LogP contribution in [-0.4, -0.2) is 4.57 Å². The smallest absolute Gasteiger partial charge is 0.255 e. The van der Waals surface area contributed by atoms with Crippen LogP contribution in [0, 0.1) is 0 Å². The number of benzene rings is 1. The van der Waals surface area contributed by atoms with Crippen LogP contribution in [0.4, 0.5) is 0 Å². The highest BCUT2D eigenvalue weighted by Gasteiger charge is 2.07. The molecule has 0 saturated carbocycles. The molecule has 0 atom stereocenters. The standard InChI is InChI=1S/C11H7Cl2NO/c12-8-4-3-5-9(13)11(8)14-7-2-1-6-10(14)15/h1-7H. The average molecular weight is 240 g/mol. The maximum Gasteiger partial charge on any atom is 0.255 e. The van der Waals surface area contributed by atoms with Crippen molar-refractivity contribution in [2.75, 3.05) is 0 Å². The van der Waals surface area contributed by atoms with Crippen molar-refractivity contribution < 1.29 is 0 Å². The van der Waals surface area contributed by atoms with E-state index in [0.717, 1.165) is 0 Å². The molecule has 0 radical (unpaired) electrons. The Morgan fingerprint density at radius 3 is 2.20 bits per heavy atom. The van der Waals surface area contributed by atoms with Gasteiger partial charge in [0.25, 0.3) is 5.56 Å². The molecule has 2 rings (SSSR count). The molecule has 0 aliphatic heterocycles. The number of nitrogens with zero attached hydrogens (tertiary/aromatic N) is 1. The van der Waals surface area contributed by atoms with Crippen LogP contribution < -0.4 is 5.56 Å². The third kappa shape index (κ3) is 1.91. The number of aromatic nitrogens is 1. The molecule has 0 aliphatic carbocycles. The monoisotopic (exact) mass is 239 g/mol. The summed E-state index contributed by atoms with van der Waals surface area (Å²) < 4.78 is 1.42. The SMILES string of the molecule is O=c1ccccn1-c1c(Cl)cccc1Cl. The summed E-state index contributed by atoms with van der Waals surface area (Å²) in [5.41, 5.74) is 0.360. The van der Waals surface area contributed by atoms with Crippen LogP contribution in [0.3, 0.4) is 0 Å². The van der Waals surface area contributed by atoms with E-state index in [1.807, 2.05) is 0 Å². The summed E-state index contributed by atoms with van der Waals surface area (Å²) in [6.45, 7) is 0. The van der Waals surface area contributed by atoms with E-state index in [-0.39, 0.29) is 5.56 Å². The second-order valence-corrected chi connectivity index (χ2v) is 3.79. The summed E-state index contributed by atoms with van der Waals surface area (Å²) in [5, 5.41) is 0.909. The summed E-state index contributed by atoms with van der Waals surface area (Å²) in [7, 11) is 0. The molecule has 15 heavy (non-hydrogen) atoms. The van der Waals surface area contributed by atoms with Gasteiger partial charge in [0, 0.05) is 12.3 Å². The molecule has 2 nitrogen and oxygen atoms in total. The van der Waals surface area contributed by atoms with Gasteiger partial charge in [-0.05, 0) is 18.2 Å². The van der Waals surface area contributed by atoms with E-state index in [2.05, 4.69) is 0 Å². The van der Waals surface area contributed by atoms with Gasteiger partial charge in [-0.15, -0.1) is 0 Å². The zero-order valence-electron chi connectivity index (χ0n) is 7.65. The largest absolute Gasteiger partial charge is 0.281 e. The van der Waals surface area contributed by atoms with Crippen LogP contribution in [0.25, 0.3) is 5.69 Å². The van der Waals surface area contributed by atoms with Crippen molar-refractivity contribution in [3.63, 3.8) is 0 Å². The molecule has 0 unspecified atom stereocenters. The maximum atomic E-state index is 11.6. The Labute approximate surface area is 96.7 Å². The molecule has 4 heteroatoms. The quantitative estimate of drug-likeness (QED) is 0.750. The second kappa shape index (κ2) is 4.09. The lowest BCUT2D eigenvalue weighted by atomic mass is 10.3. The lowest BCUT2D eigenvalue weighted by Gasteiger charge is -2.08. The van der Waals surface area contributed by atoms with Crippen molar-refractivity contribution in [3.8, 4) is 5.69 Å². The Hall–Kier alpha value is -1.25. The van der Waals surface area contributed by atoms with Gasteiger partial charge in [-0.25, -0.2) is 0 Å². The minimum atomic E-state index is -0.160. The fraction of sp³-hybridized carbons (Fsp3) is 0. The fourth-order valence-electron chi connectivity index (χ4n) is 1.33. The van der Waals surface area contributed by atoms with Gasteiger partial charge in [0.2, 0.25) is 0 Å². The number of para-hydroxylation sites is 1. The lowest BCUT2D eigenvalue weighted by molar-refractivity contribution is 0.991. The van der Waals surface area contributed by atoms with E-state index >= 15 is 0 Å². The molecule has 0 saturated heterocycles. The Morgan fingerprint density at radius 1 is 0.933 bits per heavy atom. The third-order valence-corrected chi connectivity index (χ3v) is 2.61. The molecule has 0 N–H and O–H groups in total. The minimum absolute atomic E-state index is 0.160. The maximum absolute atomic E-state index is 11.6. The third-order valence-electron chi connectivity index (χ3n) is 2.00.